The van der Waals surface area contributed by atoms with E-state index in [1.165, 1.54) is 6.20 Å². The Bertz CT molecular complexity index is 935. The molecule has 0 aliphatic heterocycles. The van der Waals surface area contributed by atoms with Gasteiger partial charge in [0.15, 0.2) is 11.4 Å². The zero-order chi connectivity index (χ0) is 14.4. The van der Waals surface area contributed by atoms with Gasteiger partial charge >= 0.3 is 5.69 Å². The average molecular weight is 285 g/mol. The fraction of sp³-hybridized carbons (Fsp3) is 0.231. The molecule has 1 aliphatic rings. The lowest BCUT2D eigenvalue weighted by Gasteiger charge is -2.08. The maximum absolute atomic E-state index is 11.9. The highest BCUT2D eigenvalue weighted by atomic mass is 16.5. The summed E-state index contributed by atoms with van der Waals surface area (Å²) in [6, 6.07) is 1.67. The molecular weight excluding hydrogens is 274 g/mol. The Kier molecular flexibility index (Phi) is 2.44. The van der Waals surface area contributed by atoms with Crippen LogP contribution in [0.4, 0.5) is 0 Å². The maximum atomic E-state index is 11.9. The van der Waals surface area contributed by atoms with Gasteiger partial charge in [-0.15, -0.1) is 0 Å². The van der Waals surface area contributed by atoms with Crippen LogP contribution in [0.2, 0.25) is 0 Å². The van der Waals surface area contributed by atoms with Gasteiger partial charge in [-0.2, -0.15) is 5.10 Å². The van der Waals surface area contributed by atoms with Gasteiger partial charge in [-0.25, -0.2) is 14.3 Å². The van der Waals surface area contributed by atoms with Crippen LogP contribution in [0.5, 0.6) is 5.75 Å². The minimum atomic E-state index is -0.554. The molecule has 1 aliphatic carbocycles. The van der Waals surface area contributed by atoms with Gasteiger partial charge in [-0.3, -0.25) is 9.78 Å². The van der Waals surface area contributed by atoms with E-state index in [-0.39, 0.29) is 11.7 Å². The van der Waals surface area contributed by atoms with Crippen LogP contribution in [-0.2, 0) is 0 Å². The van der Waals surface area contributed by atoms with Crippen LogP contribution >= 0.6 is 0 Å². The number of aromatic nitrogens is 5. The van der Waals surface area contributed by atoms with Crippen molar-refractivity contribution in [2.45, 2.75) is 18.9 Å². The number of hydrogen-bond acceptors (Lipinski definition) is 5. The Morgan fingerprint density at radius 2 is 2.19 bits per heavy atom. The summed E-state index contributed by atoms with van der Waals surface area (Å²) in [5.41, 5.74) is 0.232. The van der Waals surface area contributed by atoms with E-state index in [1.54, 1.807) is 23.0 Å². The Morgan fingerprint density at radius 3 is 2.95 bits per heavy atom. The van der Waals surface area contributed by atoms with E-state index in [9.17, 15) is 9.59 Å². The lowest BCUT2D eigenvalue weighted by molar-refractivity contribution is 0.304. The average Bonchev–Trinajstić information content (AvgIpc) is 3.13. The summed E-state index contributed by atoms with van der Waals surface area (Å²) in [5.74, 6) is 0.582. The van der Waals surface area contributed by atoms with E-state index in [4.69, 9.17) is 4.74 Å². The van der Waals surface area contributed by atoms with Gasteiger partial charge < -0.3 is 9.72 Å². The van der Waals surface area contributed by atoms with E-state index < -0.39 is 11.2 Å². The molecule has 8 heteroatoms. The van der Waals surface area contributed by atoms with Crippen molar-refractivity contribution in [3.63, 3.8) is 0 Å². The van der Waals surface area contributed by atoms with Crippen LogP contribution in [0.15, 0.2) is 34.2 Å². The highest BCUT2D eigenvalue weighted by molar-refractivity contribution is 5.64. The van der Waals surface area contributed by atoms with E-state index in [1.807, 2.05) is 0 Å². The number of rotatable bonds is 3. The summed E-state index contributed by atoms with van der Waals surface area (Å²) in [6.07, 6.45) is 6.87. The van der Waals surface area contributed by atoms with Crippen LogP contribution in [-0.4, -0.2) is 30.7 Å². The summed E-state index contributed by atoms with van der Waals surface area (Å²) < 4.78 is 7.37. The first-order valence-corrected chi connectivity index (χ1v) is 6.54. The number of nitrogens with one attached hydrogen (secondary N) is 2. The molecule has 0 saturated heterocycles. The minimum absolute atomic E-state index is 0.203. The number of nitrogens with zero attached hydrogens (tertiary/aromatic N) is 3. The normalized spacial score (nSPS) is 14.5. The van der Waals surface area contributed by atoms with Crippen molar-refractivity contribution >= 4 is 5.65 Å². The molecule has 3 heterocycles. The first kappa shape index (κ1) is 11.9. The largest absolute Gasteiger partial charge is 0.486 e. The third-order valence-electron chi connectivity index (χ3n) is 3.24. The van der Waals surface area contributed by atoms with Crippen molar-refractivity contribution in [2.24, 2.45) is 0 Å². The molecule has 0 amide bonds. The molecule has 8 nitrogen and oxygen atoms in total. The molecule has 1 fully saturated rings. The Morgan fingerprint density at radius 1 is 1.33 bits per heavy atom. The number of imidazole rings is 1. The fourth-order valence-electron chi connectivity index (χ4n) is 2.07. The molecule has 0 bridgehead atoms. The molecule has 0 unspecified atom stereocenters. The number of ether oxygens (including phenoxy) is 1. The second-order valence-electron chi connectivity index (χ2n) is 4.89. The van der Waals surface area contributed by atoms with Crippen molar-refractivity contribution in [2.75, 3.05) is 0 Å². The number of aromatic amines is 2. The highest BCUT2D eigenvalue weighted by Gasteiger charge is 2.25. The number of hydrogen-bond donors (Lipinski definition) is 2. The van der Waals surface area contributed by atoms with Crippen molar-refractivity contribution in [3.8, 4) is 17.0 Å². The van der Waals surface area contributed by atoms with E-state index >= 15 is 0 Å². The van der Waals surface area contributed by atoms with Gasteiger partial charge in [-0.1, -0.05) is 0 Å². The smallest absolute Gasteiger partial charge is 0.325 e. The van der Waals surface area contributed by atoms with Crippen LogP contribution in [0.25, 0.3) is 16.9 Å². The van der Waals surface area contributed by atoms with Gasteiger partial charge in [0.05, 0.1) is 11.7 Å². The topological polar surface area (TPSA) is 105 Å². The predicted octanol–water partition coefficient (Wildman–Crippen LogP) is 0.314. The summed E-state index contributed by atoms with van der Waals surface area (Å²) in [7, 11) is 0. The van der Waals surface area contributed by atoms with Crippen molar-refractivity contribution in [1.82, 2.24) is 24.6 Å². The molecule has 0 spiro atoms. The molecule has 0 radical (unpaired) electrons. The van der Waals surface area contributed by atoms with Gasteiger partial charge in [0.2, 0.25) is 0 Å². The van der Waals surface area contributed by atoms with E-state index in [0.717, 1.165) is 12.8 Å². The lowest BCUT2D eigenvalue weighted by atomic mass is 10.2. The summed E-state index contributed by atoms with van der Waals surface area (Å²) in [5, 5.41) is 4.32. The van der Waals surface area contributed by atoms with Gasteiger partial charge in [-0.05, 0) is 12.8 Å². The third kappa shape index (κ3) is 2.10. The molecule has 1 saturated carbocycles. The first-order valence-electron chi connectivity index (χ1n) is 6.54. The Labute approximate surface area is 117 Å². The van der Waals surface area contributed by atoms with E-state index in [0.29, 0.717) is 17.1 Å². The van der Waals surface area contributed by atoms with Crippen molar-refractivity contribution in [1.29, 1.82) is 0 Å². The van der Waals surface area contributed by atoms with Crippen molar-refractivity contribution < 1.29 is 4.74 Å². The van der Waals surface area contributed by atoms with Gasteiger partial charge in [0.1, 0.15) is 5.69 Å². The first-order chi connectivity index (χ1) is 10.2. The highest BCUT2D eigenvalue weighted by Crippen LogP contribution is 2.30. The van der Waals surface area contributed by atoms with Gasteiger partial charge in [0, 0.05) is 24.7 Å². The standard InChI is InChI=1S/C13H11N5O3/c19-12-8(6-15-13(20)16-12)9-5-10(21-7-1-2-7)11-14-3-4-18(11)17-9/h3-7H,1-2H2,(H2,15,16,19,20). The summed E-state index contributed by atoms with van der Waals surface area (Å²) in [4.78, 5) is 31.8. The van der Waals surface area contributed by atoms with Crippen molar-refractivity contribution in [3.05, 3.63) is 45.5 Å². The SMILES string of the molecule is O=c1[nH]cc(-c2cc(OC3CC3)c3nccn3n2)c(=O)[nH]1. The predicted molar refractivity (Wildman–Crippen MR) is 73.3 cm³/mol. The molecule has 4 rings (SSSR count). The summed E-state index contributed by atoms with van der Waals surface area (Å²) >= 11 is 0. The second-order valence-corrected chi connectivity index (χ2v) is 4.89. The van der Waals surface area contributed by atoms with Crippen LogP contribution in [0.3, 0.4) is 0 Å². The quantitative estimate of drug-likeness (QED) is 0.720. The maximum Gasteiger partial charge on any atom is 0.325 e. The third-order valence-corrected chi connectivity index (χ3v) is 3.24. The number of H-pyrrole nitrogens is 2. The van der Waals surface area contributed by atoms with Crippen LogP contribution < -0.4 is 16.0 Å². The van der Waals surface area contributed by atoms with Crippen LogP contribution in [0.1, 0.15) is 12.8 Å². The molecule has 21 heavy (non-hydrogen) atoms. The van der Waals surface area contributed by atoms with Gasteiger partial charge in [0.25, 0.3) is 5.56 Å². The Balaban J connectivity index is 1.91. The number of fused-ring (bicyclic) bond motifs is 1. The zero-order valence-corrected chi connectivity index (χ0v) is 10.9. The molecular formula is C13H11N5O3. The molecule has 3 aromatic heterocycles. The molecule has 3 aromatic rings. The lowest BCUT2D eigenvalue weighted by Crippen LogP contribution is -2.23. The second kappa shape index (κ2) is 4.30. The van der Waals surface area contributed by atoms with Crippen LogP contribution in [0, 0.1) is 0 Å². The minimum Gasteiger partial charge on any atom is -0.486 e. The molecule has 0 atom stereocenters. The molecule has 106 valence electrons. The monoisotopic (exact) mass is 285 g/mol. The molecule has 0 aromatic carbocycles. The van der Waals surface area contributed by atoms with E-state index in [2.05, 4.69) is 20.1 Å². The Hall–Kier alpha value is -2.90. The zero-order valence-electron chi connectivity index (χ0n) is 10.9. The molecule has 2 N–H and O–H groups in total. The fourth-order valence-corrected chi connectivity index (χ4v) is 2.07. The summed E-state index contributed by atoms with van der Waals surface area (Å²) in [6.45, 7) is 0.